The Balaban J connectivity index is 1.32. The van der Waals surface area contributed by atoms with Gasteiger partial charge in [-0.1, -0.05) is 11.6 Å². The van der Waals surface area contributed by atoms with Crippen molar-refractivity contribution < 1.29 is 23.5 Å². The fraction of sp³-hybridized carbons (Fsp3) is 0.350. The molecule has 0 unspecified atom stereocenters. The van der Waals surface area contributed by atoms with Crippen LogP contribution >= 0.6 is 11.6 Å². The molecule has 29 heavy (non-hydrogen) atoms. The first-order chi connectivity index (χ1) is 14.0. The molecule has 0 aliphatic carbocycles. The van der Waals surface area contributed by atoms with Gasteiger partial charge in [0.15, 0.2) is 18.2 Å². The Hall–Kier alpha value is -2.87. The van der Waals surface area contributed by atoms with E-state index in [9.17, 15) is 14.0 Å². The number of carbonyl (C=O) groups is 2. The lowest BCUT2D eigenvalue weighted by molar-refractivity contribution is -0.118. The Kier molecular flexibility index (Phi) is 5.53. The molecule has 0 spiro atoms. The highest BCUT2D eigenvalue weighted by Gasteiger charge is 2.26. The molecule has 2 aromatic rings. The second-order valence-corrected chi connectivity index (χ2v) is 7.41. The highest BCUT2D eigenvalue weighted by Crippen LogP contribution is 2.28. The van der Waals surface area contributed by atoms with Crippen LogP contribution in [0.2, 0.25) is 5.02 Å². The number of hydrogen-bond donors (Lipinski definition) is 1. The van der Waals surface area contributed by atoms with E-state index in [4.69, 9.17) is 21.1 Å². The molecule has 1 N–H and O–H groups in total. The molecular formula is C20H19ClFN3O4. The van der Waals surface area contributed by atoms with E-state index in [2.05, 4.69) is 10.3 Å². The lowest BCUT2D eigenvalue weighted by Gasteiger charge is -2.32. The predicted octanol–water partition coefficient (Wildman–Crippen LogP) is 3.14. The molecule has 152 valence electrons. The monoisotopic (exact) mass is 419 g/mol. The summed E-state index contributed by atoms with van der Waals surface area (Å²) in [7, 11) is 0. The highest BCUT2D eigenvalue weighted by atomic mass is 35.5. The zero-order chi connectivity index (χ0) is 20.4. The molecule has 1 aromatic carbocycles. The molecule has 1 saturated heterocycles. The smallest absolute Gasteiger partial charge is 0.272 e. The number of pyridine rings is 1. The van der Waals surface area contributed by atoms with Gasteiger partial charge in [0.2, 0.25) is 0 Å². The highest BCUT2D eigenvalue weighted by molar-refractivity contribution is 6.32. The van der Waals surface area contributed by atoms with Gasteiger partial charge in [-0.2, -0.15) is 0 Å². The molecule has 7 nitrogen and oxygen atoms in total. The molecule has 0 radical (unpaired) electrons. The van der Waals surface area contributed by atoms with E-state index in [1.54, 1.807) is 17.0 Å². The van der Waals surface area contributed by atoms with Crippen molar-refractivity contribution in [2.24, 2.45) is 5.92 Å². The number of ether oxygens (including phenoxy) is 2. The zero-order valence-corrected chi connectivity index (χ0v) is 16.2. The SMILES string of the molecule is O=C1COc2ccc(C(=O)N3CCC(COc4ccc(F)cc4Cl)CC3)nc2N1. The van der Waals surface area contributed by atoms with Crippen LogP contribution in [-0.2, 0) is 4.79 Å². The lowest BCUT2D eigenvalue weighted by atomic mass is 9.97. The van der Waals surface area contributed by atoms with Crippen LogP contribution in [0, 0.1) is 11.7 Å². The summed E-state index contributed by atoms with van der Waals surface area (Å²) in [4.78, 5) is 30.2. The van der Waals surface area contributed by atoms with Gasteiger partial charge in [-0.25, -0.2) is 9.37 Å². The Morgan fingerprint density at radius 2 is 2.10 bits per heavy atom. The molecule has 3 heterocycles. The maximum atomic E-state index is 13.1. The number of piperidine rings is 1. The van der Waals surface area contributed by atoms with Gasteiger partial charge in [-0.3, -0.25) is 9.59 Å². The third kappa shape index (κ3) is 4.42. The second kappa shape index (κ2) is 8.24. The number of halogens is 2. The van der Waals surface area contributed by atoms with Gasteiger partial charge in [0, 0.05) is 13.1 Å². The maximum Gasteiger partial charge on any atom is 0.272 e. The van der Waals surface area contributed by atoms with Crippen LogP contribution in [0.3, 0.4) is 0 Å². The summed E-state index contributed by atoms with van der Waals surface area (Å²) in [5, 5.41) is 2.85. The van der Waals surface area contributed by atoms with E-state index in [-0.39, 0.29) is 40.9 Å². The summed E-state index contributed by atoms with van der Waals surface area (Å²) in [6.07, 6.45) is 1.55. The van der Waals surface area contributed by atoms with Gasteiger partial charge >= 0.3 is 0 Å². The Labute approximate surface area is 171 Å². The summed E-state index contributed by atoms with van der Waals surface area (Å²) in [5.74, 6) is 0.558. The summed E-state index contributed by atoms with van der Waals surface area (Å²) in [6, 6.07) is 7.28. The molecule has 0 saturated carbocycles. The van der Waals surface area contributed by atoms with E-state index in [1.165, 1.54) is 18.2 Å². The number of amides is 2. The number of carbonyl (C=O) groups excluding carboxylic acids is 2. The van der Waals surface area contributed by atoms with Crippen LogP contribution in [0.4, 0.5) is 10.2 Å². The van der Waals surface area contributed by atoms with Crippen LogP contribution in [0.15, 0.2) is 30.3 Å². The lowest BCUT2D eigenvalue weighted by Crippen LogP contribution is -2.40. The van der Waals surface area contributed by atoms with Gasteiger partial charge in [-0.05, 0) is 49.1 Å². The minimum Gasteiger partial charge on any atom is -0.492 e. The molecule has 0 bridgehead atoms. The van der Waals surface area contributed by atoms with E-state index in [1.807, 2.05) is 0 Å². The average molecular weight is 420 g/mol. The Morgan fingerprint density at radius 1 is 1.31 bits per heavy atom. The number of nitrogens with zero attached hydrogens (tertiary/aromatic N) is 2. The number of aromatic nitrogens is 1. The van der Waals surface area contributed by atoms with Gasteiger partial charge in [0.25, 0.3) is 11.8 Å². The van der Waals surface area contributed by atoms with Crippen LogP contribution in [0.25, 0.3) is 0 Å². The maximum absolute atomic E-state index is 13.1. The fourth-order valence-electron chi connectivity index (χ4n) is 3.35. The van der Waals surface area contributed by atoms with Crippen LogP contribution < -0.4 is 14.8 Å². The van der Waals surface area contributed by atoms with Crippen molar-refractivity contribution in [2.75, 3.05) is 31.6 Å². The summed E-state index contributed by atoms with van der Waals surface area (Å²) in [5.41, 5.74) is 0.266. The normalized spacial score (nSPS) is 16.6. The van der Waals surface area contributed by atoms with Crippen LogP contribution in [0.5, 0.6) is 11.5 Å². The first-order valence-corrected chi connectivity index (χ1v) is 9.68. The molecular weight excluding hydrogens is 401 g/mol. The number of likely N-dealkylation sites (tertiary alicyclic amines) is 1. The van der Waals surface area contributed by atoms with Crippen LogP contribution in [-0.4, -0.2) is 48.0 Å². The minimum atomic E-state index is -0.406. The number of fused-ring (bicyclic) bond motifs is 1. The van der Waals surface area contributed by atoms with Crippen molar-refractivity contribution in [3.63, 3.8) is 0 Å². The van der Waals surface area contributed by atoms with Crippen molar-refractivity contribution in [1.29, 1.82) is 0 Å². The molecule has 2 aliphatic heterocycles. The molecule has 1 fully saturated rings. The first-order valence-electron chi connectivity index (χ1n) is 9.30. The van der Waals surface area contributed by atoms with Gasteiger partial charge in [0.05, 0.1) is 11.6 Å². The van der Waals surface area contributed by atoms with Crippen molar-refractivity contribution in [2.45, 2.75) is 12.8 Å². The van der Waals surface area contributed by atoms with Crippen molar-refractivity contribution >= 4 is 29.2 Å². The van der Waals surface area contributed by atoms with E-state index in [0.717, 1.165) is 12.8 Å². The fourth-order valence-corrected chi connectivity index (χ4v) is 3.57. The second-order valence-electron chi connectivity index (χ2n) is 7.00. The van der Waals surface area contributed by atoms with E-state index in [0.29, 0.717) is 31.2 Å². The minimum absolute atomic E-state index is 0.0549. The number of nitrogens with one attached hydrogen (secondary N) is 1. The molecule has 0 atom stereocenters. The van der Waals surface area contributed by atoms with Gasteiger partial charge < -0.3 is 19.7 Å². The summed E-state index contributed by atoms with van der Waals surface area (Å²) in [6.45, 7) is 1.55. The predicted molar refractivity (Wildman–Crippen MR) is 104 cm³/mol. The van der Waals surface area contributed by atoms with Crippen molar-refractivity contribution in [3.05, 3.63) is 46.9 Å². The third-order valence-electron chi connectivity index (χ3n) is 4.96. The number of rotatable bonds is 4. The van der Waals surface area contributed by atoms with Gasteiger partial charge in [-0.15, -0.1) is 0 Å². The number of anilines is 1. The number of hydrogen-bond acceptors (Lipinski definition) is 5. The van der Waals surface area contributed by atoms with Gasteiger partial charge in [0.1, 0.15) is 17.3 Å². The van der Waals surface area contributed by atoms with E-state index < -0.39 is 5.82 Å². The molecule has 9 heteroatoms. The summed E-state index contributed by atoms with van der Waals surface area (Å²) < 4.78 is 24.1. The molecule has 2 amide bonds. The largest absolute Gasteiger partial charge is 0.492 e. The quantitative estimate of drug-likeness (QED) is 0.823. The third-order valence-corrected chi connectivity index (χ3v) is 5.26. The van der Waals surface area contributed by atoms with E-state index >= 15 is 0 Å². The van der Waals surface area contributed by atoms with Crippen LogP contribution in [0.1, 0.15) is 23.3 Å². The summed E-state index contributed by atoms with van der Waals surface area (Å²) >= 11 is 5.98. The molecule has 1 aromatic heterocycles. The average Bonchev–Trinajstić information content (AvgIpc) is 2.72. The standard InChI is InChI=1S/C20H19ClFN3O4/c21-14-9-13(22)1-3-16(14)28-10-12-5-7-25(8-6-12)20(27)15-2-4-17-19(23-15)24-18(26)11-29-17/h1-4,9,12H,5-8,10-11H2,(H,23,24,26). The Bertz CT molecular complexity index is 947. The Morgan fingerprint density at radius 3 is 2.86 bits per heavy atom. The first kappa shape index (κ1) is 19.4. The van der Waals surface area contributed by atoms with Crippen molar-refractivity contribution in [3.8, 4) is 11.5 Å². The molecule has 2 aliphatic rings. The topological polar surface area (TPSA) is 80.8 Å². The van der Waals surface area contributed by atoms with Crippen molar-refractivity contribution in [1.82, 2.24) is 9.88 Å². The zero-order valence-electron chi connectivity index (χ0n) is 15.5. The molecule has 4 rings (SSSR count). The number of benzene rings is 1.